The van der Waals surface area contributed by atoms with Gasteiger partial charge in [0.25, 0.3) is 0 Å². The molecular weight excluding hydrogens is 232 g/mol. The van der Waals surface area contributed by atoms with E-state index in [0.29, 0.717) is 6.61 Å². The van der Waals surface area contributed by atoms with E-state index in [0.717, 1.165) is 19.3 Å². The van der Waals surface area contributed by atoms with Crippen molar-refractivity contribution < 1.29 is 5.11 Å². The smallest absolute Gasteiger partial charge is 0.0431 e. The van der Waals surface area contributed by atoms with Crippen LogP contribution in [0.1, 0.15) is 96.8 Å². The molecule has 19 heavy (non-hydrogen) atoms. The van der Waals surface area contributed by atoms with Gasteiger partial charge < -0.3 is 5.11 Å². The molecule has 0 rings (SSSR count). The van der Waals surface area contributed by atoms with Crippen molar-refractivity contribution in [2.24, 2.45) is 0 Å². The summed E-state index contributed by atoms with van der Waals surface area (Å²) in [6.07, 6.45) is 17.7. The van der Waals surface area contributed by atoms with Crippen LogP contribution in [0.15, 0.2) is 0 Å². The highest BCUT2D eigenvalue weighted by atomic mass is 16.2. The summed E-state index contributed by atoms with van der Waals surface area (Å²) < 4.78 is 0. The van der Waals surface area contributed by atoms with Gasteiger partial charge in [-0.2, -0.15) is 0 Å². The van der Waals surface area contributed by atoms with Crippen molar-refractivity contribution >= 4 is 0 Å². The van der Waals surface area contributed by atoms with E-state index in [1.54, 1.807) is 0 Å². The van der Waals surface area contributed by atoms with Crippen LogP contribution in [-0.2, 0) is 0 Å². The number of rotatable bonds is 13. The Balaban J connectivity index is 3.02. The summed E-state index contributed by atoms with van der Waals surface area (Å²) in [7, 11) is 0. The fraction of sp³-hybridized carbons (Fsp3) is 0.889. The molecule has 0 saturated heterocycles. The standard InChI is InChI=1S/C18H34O/c1-2-3-4-5-6-7-8-9-10-11-12-13-14-15-16-17-18-19/h19H,2-5,8-18H2,1H3. The largest absolute Gasteiger partial charge is 0.396 e. The summed E-state index contributed by atoms with van der Waals surface area (Å²) in [5, 5.41) is 8.66. The van der Waals surface area contributed by atoms with Crippen molar-refractivity contribution in [2.75, 3.05) is 6.61 Å². The Bertz CT molecular complexity index is 211. The second-order valence-corrected chi connectivity index (χ2v) is 5.47. The molecule has 112 valence electrons. The van der Waals surface area contributed by atoms with Crippen LogP contribution in [0.2, 0.25) is 0 Å². The Labute approximate surface area is 121 Å². The molecule has 0 aromatic carbocycles. The lowest BCUT2D eigenvalue weighted by Gasteiger charge is -2.00. The Morgan fingerprint density at radius 1 is 0.579 bits per heavy atom. The fourth-order valence-electron chi connectivity index (χ4n) is 2.20. The Morgan fingerprint density at radius 2 is 1.00 bits per heavy atom. The maximum absolute atomic E-state index is 8.66. The lowest BCUT2D eigenvalue weighted by atomic mass is 10.1. The van der Waals surface area contributed by atoms with Crippen LogP contribution in [0.4, 0.5) is 0 Å². The van der Waals surface area contributed by atoms with Gasteiger partial charge in [0.15, 0.2) is 0 Å². The molecule has 0 radical (unpaired) electrons. The molecule has 0 amide bonds. The molecule has 0 aliphatic carbocycles. The summed E-state index contributed by atoms with van der Waals surface area (Å²) in [5.74, 6) is 6.58. The maximum Gasteiger partial charge on any atom is 0.0431 e. The minimum Gasteiger partial charge on any atom is -0.396 e. The van der Waals surface area contributed by atoms with Crippen molar-refractivity contribution in [3.05, 3.63) is 0 Å². The molecule has 0 atom stereocenters. The van der Waals surface area contributed by atoms with Crippen molar-refractivity contribution in [3.63, 3.8) is 0 Å². The van der Waals surface area contributed by atoms with E-state index >= 15 is 0 Å². The first-order valence-corrected chi connectivity index (χ1v) is 8.48. The molecule has 0 saturated carbocycles. The van der Waals surface area contributed by atoms with Gasteiger partial charge in [0.05, 0.1) is 0 Å². The molecule has 0 aromatic heterocycles. The van der Waals surface area contributed by atoms with Crippen molar-refractivity contribution in [1.29, 1.82) is 0 Å². The second-order valence-electron chi connectivity index (χ2n) is 5.47. The van der Waals surface area contributed by atoms with E-state index in [-0.39, 0.29) is 0 Å². The van der Waals surface area contributed by atoms with Gasteiger partial charge in [-0.05, 0) is 19.3 Å². The zero-order valence-electron chi connectivity index (χ0n) is 13.1. The second kappa shape index (κ2) is 17.5. The zero-order chi connectivity index (χ0) is 14.0. The number of hydrogen-bond acceptors (Lipinski definition) is 1. The molecule has 0 fully saturated rings. The summed E-state index contributed by atoms with van der Waals surface area (Å²) in [4.78, 5) is 0. The molecule has 0 spiro atoms. The third-order valence-electron chi connectivity index (χ3n) is 3.49. The normalized spacial score (nSPS) is 10.2. The van der Waals surface area contributed by atoms with Crippen LogP contribution >= 0.6 is 0 Å². The van der Waals surface area contributed by atoms with Crippen LogP contribution in [0, 0.1) is 11.8 Å². The minimum absolute atomic E-state index is 0.361. The Morgan fingerprint density at radius 3 is 1.47 bits per heavy atom. The first-order valence-electron chi connectivity index (χ1n) is 8.48. The SMILES string of the molecule is CCCCCC#CCCCCCCCCCCCO. The fourth-order valence-corrected chi connectivity index (χ4v) is 2.20. The molecule has 0 unspecified atom stereocenters. The molecule has 1 heteroatoms. The van der Waals surface area contributed by atoms with Crippen LogP contribution < -0.4 is 0 Å². The highest BCUT2D eigenvalue weighted by Gasteiger charge is 1.91. The quantitative estimate of drug-likeness (QED) is 0.346. The van der Waals surface area contributed by atoms with E-state index in [1.807, 2.05) is 0 Å². The zero-order valence-corrected chi connectivity index (χ0v) is 13.1. The molecule has 1 nitrogen and oxygen atoms in total. The molecule has 1 N–H and O–H groups in total. The van der Waals surface area contributed by atoms with E-state index < -0.39 is 0 Å². The highest BCUT2D eigenvalue weighted by molar-refractivity contribution is 4.98. The average molecular weight is 266 g/mol. The van der Waals surface area contributed by atoms with Crippen molar-refractivity contribution in [3.8, 4) is 11.8 Å². The molecule has 0 aliphatic heterocycles. The third kappa shape index (κ3) is 17.5. The molecule has 0 aromatic rings. The Kier molecular flexibility index (Phi) is 17.1. The number of aliphatic hydroxyl groups excluding tert-OH is 1. The van der Waals surface area contributed by atoms with E-state index in [9.17, 15) is 0 Å². The summed E-state index contributed by atoms with van der Waals surface area (Å²) in [6, 6.07) is 0. The van der Waals surface area contributed by atoms with Crippen LogP contribution in [0.25, 0.3) is 0 Å². The highest BCUT2D eigenvalue weighted by Crippen LogP contribution is 2.10. The van der Waals surface area contributed by atoms with Gasteiger partial charge in [-0.25, -0.2) is 0 Å². The number of aliphatic hydroxyl groups is 1. The van der Waals surface area contributed by atoms with Gasteiger partial charge in [0.1, 0.15) is 0 Å². The van der Waals surface area contributed by atoms with Crippen molar-refractivity contribution in [2.45, 2.75) is 96.8 Å². The number of unbranched alkanes of at least 4 members (excludes halogenated alkanes) is 12. The van der Waals surface area contributed by atoms with Gasteiger partial charge >= 0.3 is 0 Å². The first kappa shape index (κ1) is 18.5. The average Bonchev–Trinajstić information content (AvgIpc) is 2.43. The van der Waals surface area contributed by atoms with Gasteiger partial charge in [0.2, 0.25) is 0 Å². The Hall–Kier alpha value is -0.480. The van der Waals surface area contributed by atoms with Gasteiger partial charge in [0, 0.05) is 19.4 Å². The lowest BCUT2D eigenvalue weighted by Crippen LogP contribution is -1.84. The minimum atomic E-state index is 0.361. The predicted octanol–water partition coefficient (Wildman–Crippen LogP) is 5.46. The summed E-state index contributed by atoms with van der Waals surface area (Å²) in [5.41, 5.74) is 0. The van der Waals surface area contributed by atoms with E-state index in [4.69, 9.17) is 5.11 Å². The number of hydrogen-bond donors (Lipinski definition) is 1. The van der Waals surface area contributed by atoms with Crippen LogP contribution in [-0.4, -0.2) is 11.7 Å². The molecule has 0 heterocycles. The van der Waals surface area contributed by atoms with Gasteiger partial charge in [-0.15, -0.1) is 11.8 Å². The monoisotopic (exact) mass is 266 g/mol. The third-order valence-corrected chi connectivity index (χ3v) is 3.49. The molecule has 0 aliphatic rings. The predicted molar refractivity (Wildman–Crippen MR) is 85.2 cm³/mol. The van der Waals surface area contributed by atoms with Gasteiger partial charge in [-0.1, -0.05) is 64.7 Å². The van der Waals surface area contributed by atoms with E-state index in [1.165, 1.54) is 70.6 Å². The lowest BCUT2D eigenvalue weighted by molar-refractivity contribution is 0.282. The van der Waals surface area contributed by atoms with Crippen LogP contribution in [0.3, 0.4) is 0 Å². The maximum atomic E-state index is 8.66. The first-order chi connectivity index (χ1) is 9.41. The van der Waals surface area contributed by atoms with E-state index in [2.05, 4.69) is 18.8 Å². The summed E-state index contributed by atoms with van der Waals surface area (Å²) in [6.45, 7) is 2.60. The topological polar surface area (TPSA) is 20.2 Å². The summed E-state index contributed by atoms with van der Waals surface area (Å²) >= 11 is 0. The van der Waals surface area contributed by atoms with Crippen molar-refractivity contribution in [1.82, 2.24) is 0 Å². The molecule has 0 bridgehead atoms. The van der Waals surface area contributed by atoms with Crippen LogP contribution in [0.5, 0.6) is 0 Å². The molecular formula is C18H34O. The van der Waals surface area contributed by atoms with Gasteiger partial charge in [-0.3, -0.25) is 0 Å².